The number of aryl methyl sites for hydroxylation is 1. The first-order valence-electron chi connectivity index (χ1n) is 9.16. The molecule has 1 saturated heterocycles. The highest BCUT2D eigenvalue weighted by Crippen LogP contribution is 2.34. The minimum atomic E-state index is 0.245. The maximum atomic E-state index is 4.77. The molecule has 3 aromatic heterocycles. The molecule has 2 aliphatic heterocycles. The van der Waals surface area contributed by atoms with Crippen LogP contribution in [0.5, 0.6) is 0 Å². The molecule has 1 fully saturated rings. The van der Waals surface area contributed by atoms with Crippen LogP contribution in [0.3, 0.4) is 0 Å². The zero-order valence-electron chi connectivity index (χ0n) is 14.2. The molecule has 128 valence electrons. The average molecular weight is 335 g/mol. The van der Waals surface area contributed by atoms with E-state index in [0.29, 0.717) is 5.65 Å². The number of pyridine rings is 1. The van der Waals surface area contributed by atoms with Crippen molar-refractivity contribution in [1.29, 1.82) is 0 Å². The molecule has 0 aliphatic carbocycles. The van der Waals surface area contributed by atoms with E-state index < -0.39 is 0 Å². The first kappa shape index (κ1) is 14.7. The van der Waals surface area contributed by atoms with Crippen LogP contribution in [-0.4, -0.2) is 36.3 Å². The van der Waals surface area contributed by atoms with Crippen LogP contribution < -0.4 is 4.90 Å². The number of aromatic nitrogens is 6. The summed E-state index contributed by atoms with van der Waals surface area (Å²) in [5.74, 6) is 3.21. The second-order valence-corrected chi connectivity index (χ2v) is 6.86. The molecule has 0 saturated carbocycles. The zero-order valence-corrected chi connectivity index (χ0v) is 14.2. The summed E-state index contributed by atoms with van der Waals surface area (Å²) in [6, 6.07) is 4.31. The van der Waals surface area contributed by atoms with Gasteiger partial charge in [-0.15, -0.1) is 10.2 Å². The van der Waals surface area contributed by atoms with Crippen LogP contribution in [0.15, 0.2) is 24.5 Å². The van der Waals surface area contributed by atoms with Gasteiger partial charge >= 0.3 is 0 Å². The Labute approximate surface area is 146 Å². The number of rotatable bonds is 2. The van der Waals surface area contributed by atoms with Crippen LogP contribution in [0.1, 0.15) is 49.8 Å². The third-order valence-electron chi connectivity index (χ3n) is 5.30. The number of piperidine rings is 1. The van der Waals surface area contributed by atoms with Crippen molar-refractivity contribution in [3.05, 3.63) is 36.2 Å². The number of fused-ring (bicyclic) bond motifs is 2. The van der Waals surface area contributed by atoms with E-state index in [1.54, 1.807) is 12.4 Å². The molecular formula is C18H21N7. The molecule has 7 heteroatoms. The molecule has 0 aromatic carbocycles. The maximum Gasteiger partial charge on any atom is 0.180 e. The lowest BCUT2D eigenvalue weighted by molar-refractivity contribution is 0.421. The summed E-state index contributed by atoms with van der Waals surface area (Å²) in [4.78, 5) is 15.8. The van der Waals surface area contributed by atoms with Gasteiger partial charge in [0.05, 0.1) is 6.04 Å². The van der Waals surface area contributed by atoms with Gasteiger partial charge in [-0.2, -0.15) is 0 Å². The fraction of sp³-hybridized carbons (Fsp3) is 0.500. The summed E-state index contributed by atoms with van der Waals surface area (Å²) in [7, 11) is 0. The van der Waals surface area contributed by atoms with Gasteiger partial charge in [0.15, 0.2) is 11.5 Å². The highest BCUT2D eigenvalue weighted by atomic mass is 15.3. The molecule has 0 radical (unpaired) electrons. The van der Waals surface area contributed by atoms with Crippen molar-refractivity contribution in [1.82, 2.24) is 29.7 Å². The molecule has 0 bridgehead atoms. The molecule has 25 heavy (non-hydrogen) atoms. The van der Waals surface area contributed by atoms with Gasteiger partial charge in [0, 0.05) is 31.9 Å². The van der Waals surface area contributed by atoms with Crippen molar-refractivity contribution in [2.45, 2.75) is 51.1 Å². The van der Waals surface area contributed by atoms with Crippen molar-refractivity contribution in [3.8, 4) is 0 Å². The summed E-state index contributed by atoms with van der Waals surface area (Å²) in [5.41, 5.74) is 1.53. The van der Waals surface area contributed by atoms with Crippen LogP contribution >= 0.6 is 0 Å². The Morgan fingerprint density at radius 1 is 0.920 bits per heavy atom. The smallest absolute Gasteiger partial charge is 0.180 e. The van der Waals surface area contributed by atoms with Gasteiger partial charge in [-0.1, -0.05) is 0 Å². The molecule has 2 aliphatic rings. The first-order chi connectivity index (χ1) is 12.4. The lowest BCUT2D eigenvalue weighted by Gasteiger charge is -2.36. The number of hydrogen-bond donors (Lipinski definition) is 0. The van der Waals surface area contributed by atoms with E-state index in [0.717, 1.165) is 48.9 Å². The summed E-state index contributed by atoms with van der Waals surface area (Å²) in [6.45, 7) is 2.03. The molecule has 0 spiro atoms. The lowest BCUT2D eigenvalue weighted by atomic mass is 10.0. The topological polar surface area (TPSA) is 72.6 Å². The Balaban J connectivity index is 1.55. The Morgan fingerprint density at radius 3 is 2.84 bits per heavy atom. The summed E-state index contributed by atoms with van der Waals surface area (Å²) in [6.07, 6.45) is 10.4. The van der Waals surface area contributed by atoms with Gasteiger partial charge in [-0.25, -0.2) is 9.97 Å². The third-order valence-corrected chi connectivity index (χ3v) is 5.30. The molecule has 5 rings (SSSR count). The Bertz CT molecular complexity index is 903. The van der Waals surface area contributed by atoms with E-state index in [4.69, 9.17) is 4.98 Å². The van der Waals surface area contributed by atoms with E-state index in [2.05, 4.69) is 35.7 Å². The molecule has 0 amide bonds. The van der Waals surface area contributed by atoms with Crippen molar-refractivity contribution in [2.24, 2.45) is 0 Å². The molecular weight excluding hydrogens is 314 g/mol. The minimum Gasteiger partial charge on any atom is -0.346 e. The van der Waals surface area contributed by atoms with E-state index in [9.17, 15) is 0 Å². The summed E-state index contributed by atoms with van der Waals surface area (Å²) < 4.78 is 2.34. The fourth-order valence-corrected chi connectivity index (χ4v) is 4.06. The predicted octanol–water partition coefficient (Wildman–Crippen LogP) is 2.68. The van der Waals surface area contributed by atoms with Gasteiger partial charge < -0.3 is 9.47 Å². The summed E-state index contributed by atoms with van der Waals surface area (Å²) in [5, 5.41) is 9.03. The maximum absolute atomic E-state index is 4.77. The Kier molecular flexibility index (Phi) is 3.57. The number of hydrogen-bond acceptors (Lipinski definition) is 6. The van der Waals surface area contributed by atoms with Crippen molar-refractivity contribution < 1.29 is 0 Å². The minimum absolute atomic E-state index is 0.245. The van der Waals surface area contributed by atoms with Gasteiger partial charge in [-0.3, -0.25) is 4.98 Å². The molecule has 1 atom stereocenters. The van der Waals surface area contributed by atoms with Crippen molar-refractivity contribution >= 4 is 17.0 Å². The van der Waals surface area contributed by atoms with E-state index in [1.807, 2.05) is 6.07 Å². The van der Waals surface area contributed by atoms with Crippen LogP contribution in [0.25, 0.3) is 11.2 Å². The number of anilines is 1. The monoisotopic (exact) mass is 335 g/mol. The van der Waals surface area contributed by atoms with Crippen molar-refractivity contribution in [3.63, 3.8) is 0 Å². The Morgan fingerprint density at radius 2 is 1.84 bits per heavy atom. The molecule has 1 unspecified atom stereocenters. The molecule has 5 heterocycles. The van der Waals surface area contributed by atoms with Gasteiger partial charge in [-0.05, 0) is 44.2 Å². The second kappa shape index (κ2) is 6.06. The standard InChI is InChI=1S/C18H21N7/c1-3-11-24(15-8-7-13-17(21-15)20-10-9-19-13)14(5-1)18-23-22-16-6-2-4-12-25(16)18/h7-10,14H,1-6,11-12H2. The molecule has 7 nitrogen and oxygen atoms in total. The molecule has 3 aromatic rings. The lowest BCUT2D eigenvalue weighted by Crippen LogP contribution is -2.36. The first-order valence-corrected chi connectivity index (χ1v) is 9.16. The largest absolute Gasteiger partial charge is 0.346 e. The predicted molar refractivity (Wildman–Crippen MR) is 94.2 cm³/mol. The van der Waals surface area contributed by atoms with Gasteiger partial charge in [0.2, 0.25) is 0 Å². The van der Waals surface area contributed by atoms with E-state index in [1.165, 1.54) is 25.7 Å². The fourth-order valence-electron chi connectivity index (χ4n) is 4.06. The average Bonchev–Trinajstić information content (AvgIpc) is 3.12. The SMILES string of the molecule is c1cnc2nc(N3CCCCC3c3nnc4n3CCCC4)ccc2n1. The summed E-state index contributed by atoms with van der Waals surface area (Å²) >= 11 is 0. The quantitative estimate of drug-likeness (QED) is 0.717. The highest BCUT2D eigenvalue weighted by Gasteiger charge is 2.31. The second-order valence-electron chi connectivity index (χ2n) is 6.86. The van der Waals surface area contributed by atoms with E-state index in [-0.39, 0.29) is 6.04 Å². The van der Waals surface area contributed by atoms with Crippen LogP contribution in [0.4, 0.5) is 5.82 Å². The normalized spacial score (nSPS) is 20.6. The van der Waals surface area contributed by atoms with Crippen molar-refractivity contribution in [2.75, 3.05) is 11.4 Å². The highest BCUT2D eigenvalue weighted by molar-refractivity contribution is 5.71. The third kappa shape index (κ3) is 2.54. The number of nitrogens with zero attached hydrogens (tertiary/aromatic N) is 7. The van der Waals surface area contributed by atoms with Gasteiger partial charge in [0.1, 0.15) is 17.2 Å². The van der Waals surface area contributed by atoms with Crippen LogP contribution in [-0.2, 0) is 13.0 Å². The van der Waals surface area contributed by atoms with E-state index >= 15 is 0 Å². The van der Waals surface area contributed by atoms with Crippen LogP contribution in [0.2, 0.25) is 0 Å². The Hall–Kier alpha value is -2.57. The molecule has 0 N–H and O–H groups in total. The van der Waals surface area contributed by atoms with Gasteiger partial charge in [0.25, 0.3) is 0 Å². The van der Waals surface area contributed by atoms with Crippen LogP contribution in [0, 0.1) is 0 Å². The zero-order chi connectivity index (χ0) is 16.6.